The first kappa shape index (κ1) is 3.90. The minimum absolute atomic E-state index is 0.361. The molecule has 2 aliphatic rings. The molecule has 0 aromatic carbocycles. The second kappa shape index (κ2) is 0.873. The first-order chi connectivity index (χ1) is 3.31. The number of fused-ring (bicyclic) bond motifs is 1. The molecular formula is C6H10O. The molecule has 7 heavy (non-hydrogen) atoms. The molecular weight excluding hydrogens is 88.1 g/mol. The summed E-state index contributed by atoms with van der Waals surface area (Å²) in [7, 11) is 0. The van der Waals surface area contributed by atoms with Crippen LogP contribution in [0.5, 0.6) is 0 Å². The summed E-state index contributed by atoms with van der Waals surface area (Å²) in [6, 6.07) is 0. The van der Waals surface area contributed by atoms with Crippen molar-refractivity contribution in [3.63, 3.8) is 0 Å². The van der Waals surface area contributed by atoms with Crippen molar-refractivity contribution in [3.8, 4) is 0 Å². The molecule has 0 spiro atoms. The summed E-state index contributed by atoms with van der Waals surface area (Å²) < 4.78 is 5.34. The molecule has 1 saturated heterocycles. The Kier molecular flexibility index (Phi) is 0.487. The maximum atomic E-state index is 5.34. The van der Waals surface area contributed by atoms with Crippen molar-refractivity contribution in [3.05, 3.63) is 0 Å². The third-order valence-electron chi connectivity index (χ3n) is 2.17. The first-order valence-corrected chi connectivity index (χ1v) is 2.99. The second-order valence-electron chi connectivity index (χ2n) is 2.81. The van der Waals surface area contributed by atoms with Crippen molar-refractivity contribution in [2.45, 2.75) is 37.9 Å². The molecule has 1 heterocycles. The quantitative estimate of drug-likeness (QED) is 0.416. The van der Waals surface area contributed by atoms with E-state index in [-0.39, 0.29) is 0 Å². The van der Waals surface area contributed by atoms with E-state index in [4.69, 9.17) is 4.74 Å². The highest BCUT2D eigenvalue weighted by Gasteiger charge is 2.55. The van der Waals surface area contributed by atoms with Crippen LogP contribution in [0.1, 0.15) is 26.2 Å². The number of epoxide rings is 1. The highest BCUT2D eigenvalue weighted by atomic mass is 16.6. The van der Waals surface area contributed by atoms with Crippen molar-refractivity contribution in [2.24, 2.45) is 0 Å². The third kappa shape index (κ3) is 0.367. The topological polar surface area (TPSA) is 12.5 Å². The van der Waals surface area contributed by atoms with Crippen molar-refractivity contribution >= 4 is 0 Å². The predicted molar refractivity (Wildman–Crippen MR) is 27.1 cm³/mol. The van der Waals surface area contributed by atoms with Gasteiger partial charge in [-0.2, -0.15) is 0 Å². The lowest BCUT2D eigenvalue weighted by Crippen LogP contribution is -1.99. The second-order valence-corrected chi connectivity index (χ2v) is 2.81. The van der Waals surface area contributed by atoms with Gasteiger partial charge in [-0.1, -0.05) is 0 Å². The molecule has 1 aliphatic heterocycles. The van der Waals surface area contributed by atoms with Crippen LogP contribution in [-0.2, 0) is 4.74 Å². The highest BCUT2D eigenvalue weighted by molar-refractivity contribution is 5.03. The van der Waals surface area contributed by atoms with Crippen LogP contribution in [0.25, 0.3) is 0 Å². The van der Waals surface area contributed by atoms with Gasteiger partial charge in [-0.15, -0.1) is 0 Å². The Morgan fingerprint density at radius 1 is 1.71 bits per heavy atom. The van der Waals surface area contributed by atoms with Gasteiger partial charge < -0.3 is 4.74 Å². The number of hydrogen-bond donors (Lipinski definition) is 0. The van der Waals surface area contributed by atoms with Gasteiger partial charge in [-0.25, -0.2) is 0 Å². The Morgan fingerprint density at radius 3 is 2.71 bits per heavy atom. The molecule has 0 aromatic heterocycles. The molecule has 1 heteroatoms. The maximum Gasteiger partial charge on any atom is 0.0920 e. The SMILES string of the molecule is C[C@@]12CCC[C@H]1O2. The van der Waals surface area contributed by atoms with Crippen LogP contribution >= 0.6 is 0 Å². The Labute approximate surface area is 43.7 Å². The average molecular weight is 98.1 g/mol. The van der Waals surface area contributed by atoms with E-state index in [1.165, 1.54) is 19.3 Å². The fraction of sp³-hybridized carbons (Fsp3) is 1.00. The van der Waals surface area contributed by atoms with Crippen LogP contribution in [0.3, 0.4) is 0 Å². The van der Waals surface area contributed by atoms with Gasteiger partial charge in [-0.05, 0) is 26.2 Å². The normalized spacial score (nSPS) is 57.0. The Hall–Kier alpha value is -0.0400. The molecule has 2 atom stereocenters. The zero-order valence-corrected chi connectivity index (χ0v) is 4.61. The van der Waals surface area contributed by atoms with Gasteiger partial charge in [0.15, 0.2) is 0 Å². The largest absolute Gasteiger partial charge is 0.366 e. The summed E-state index contributed by atoms with van der Waals surface area (Å²) >= 11 is 0. The predicted octanol–water partition coefficient (Wildman–Crippen LogP) is 1.33. The molecule has 2 fully saturated rings. The molecule has 1 aliphatic carbocycles. The van der Waals surface area contributed by atoms with E-state index in [0.29, 0.717) is 11.7 Å². The van der Waals surface area contributed by atoms with Crippen molar-refractivity contribution in [1.29, 1.82) is 0 Å². The van der Waals surface area contributed by atoms with Crippen LogP contribution < -0.4 is 0 Å². The molecule has 0 N–H and O–H groups in total. The number of hydrogen-bond acceptors (Lipinski definition) is 1. The lowest BCUT2D eigenvalue weighted by atomic mass is 10.1. The van der Waals surface area contributed by atoms with Crippen LogP contribution in [0.15, 0.2) is 0 Å². The van der Waals surface area contributed by atoms with Crippen LogP contribution in [0, 0.1) is 0 Å². The first-order valence-electron chi connectivity index (χ1n) is 2.99. The molecule has 0 aromatic rings. The lowest BCUT2D eigenvalue weighted by Gasteiger charge is -1.93. The molecule has 0 radical (unpaired) electrons. The molecule has 2 rings (SSSR count). The summed E-state index contributed by atoms with van der Waals surface area (Å²) in [5.41, 5.74) is 0.361. The Bertz CT molecular complexity index is 98.4. The van der Waals surface area contributed by atoms with Crippen molar-refractivity contribution < 1.29 is 4.74 Å². The number of rotatable bonds is 0. The van der Waals surface area contributed by atoms with E-state index in [9.17, 15) is 0 Å². The number of ether oxygens (including phenoxy) is 1. The van der Waals surface area contributed by atoms with Crippen LogP contribution in [-0.4, -0.2) is 11.7 Å². The summed E-state index contributed by atoms with van der Waals surface area (Å²) in [4.78, 5) is 0. The van der Waals surface area contributed by atoms with Gasteiger partial charge in [0.25, 0.3) is 0 Å². The highest BCUT2D eigenvalue weighted by Crippen LogP contribution is 2.49. The van der Waals surface area contributed by atoms with Gasteiger partial charge in [-0.3, -0.25) is 0 Å². The maximum absolute atomic E-state index is 5.34. The molecule has 0 amide bonds. The average Bonchev–Trinajstić information content (AvgIpc) is 2.09. The smallest absolute Gasteiger partial charge is 0.0920 e. The van der Waals surface area contributed by atoms with E-state index in [1.807, 2.05) is 0 Å². The summed E-state index contributed by atoms with van der Waals surface area (Å²) in [6.45, 7) is 2.21. The molecule has 40 valence electrons. The van der Waals surface area contributed by atoms with E-state index >= 15 is 0 Å². The fourth-order valence-electron chi connectivity index (χ4n) is 1.51. The van der Waals surface area contributed by atoms with Gasteiger partial charge >= 0.3 is 0 Å². The minimum atomic E-state index is 0.361. The molecule has 1 nitrogen and oxygen atoms in total. The Morgan fingerprint density at radius 2 is 2.57 bits per heavy atom. The minimum Gasteiger partial charge on any atom is -0.366 e. The lowest BCUT2D eigenvalue weighted by molar-refractivity contribution is 0.265. The van der Waals surface area contributed by atoms with E-state index in [2.05, 4.69) is 6.92 Å². The van der Waals surface area contributed by atoms with Crippen molar-refractivity contribution in [2.75, 3.05) is 0 Å². The summed E-state index contributed by atoms with van der Waals surface area (Å²) in [6.07, 6.45) is 4.67. The van der Waals surface area contributed by atoms with E-state index in [0.717, 1.165) is 0 Å². The fourth-order valence-corrected chi connectivity index (χ4v) is 1.51. The van der Waals surface area contributed by atoms with Crippen LogP contribution in [0.2, 0.25) is 0 Å². The molecule has 0 bridgehead atoms. The standard InChI is InChI=1S/C6H10O/c1-6-4-2-3-5(6)7-6/h5H,2-4H2,1H3/t5-,6-/m1/s1. The van der Waals surface area contributed by atoms with Gasteiger partial charge in [0.05, 0.1) is 11.7 Å². The monoisotopic (exact) mass is 98.1 g/mol. The summed E-state index contributed by atoms with van der Waals surface area (Å²) in [5, 5.41) is 0. The zero-order chi connectivity index (χ0) is 4.91. The van der Waals surface area contributed by atoms with Crippen LogP contribution in [0.4, 0.5) is 0 Å². The van der Waals surface area contributed by atoms with Gasteiger partial charge in [0, 0.05) is 0 Å². The molecule has 0 unspecified atom stereocenters. The molecule has 1 saturated carbocycles. The summed E-state index contributed by atoms with van der Waals surface area (Å²) in [5.74, 6) is 0. The van der Waals surface area contributed by atoms with E-state index in [1.54, 1.807) is 0 Å². The van der Waals surface area contributed by atoms with Gasteiger partial charge in [0.1, 0.15) is 0 Å². The Balaban J connectivity index is 2.17. The zero-order valence-electron chi connectivity index (χ0n) is 4.61. The third-order valence-corrected chi connectivity index (χ3v) is 2.17. The van der Waals surface area contributed by atoms with Crippen molar-refractivity contribution in [1.82, 2.24) is 0 Å². The van der Waals surface area contributed by atoms with E-state index < -0.39 is 0 Å². The van der Waals surface area contributed by atoms with Gasteiger partial charge in [0.2, 0.25) is 0 Å².